The third-order valence-electron chi connectivity index (χ3n) is 5.82. The zero-order valence-electron chi connectivity index (χ0n) is 18.7. The summed E-state index contributed by atoms with van der Waals surface area (Å²) in [6.45, 7) is 4.06. The first-order valence-corrected chi connectivity index (χ1v) is 12.4. The van der Waals surface area contributed by atoms with Crippen molar-refractivity contribution in [3.8, 4) is 11.4 Å². The molecule has 10 heteroatoms. The molecule has 0 aliphatic carbocycles. The first-order chi connectivity index (χ1) is 15.7. The van der Waals surface area contributed by atoms with Gasteiger partial charge in [0.2, 0.25) is 27.6 Å². The van der Waals surface area contributed by atoms with Crippen LogP contribution < -0.4 is 4.90 Å². The Hall–Kier alpha value is -2.75. The van der Waals surface area contributed by atoms with E-state index in [9.17, 15) is 13.2 Å². The number of halogens is 1. The molecular formula is C23H25ClN4O4S. The Labute approximate surface area is 198 Å². The highest BCUT2D eigenvalue weighted by Crippen LogP contribution is 2.32. The van der Waals surface area contributed by atoms with Crippen LogP contribution in [0.15, 0.2) is 51.9 Å². The molecular weight excluding hydrogens is 464 g/mol. The highest BCUT2D eigenvalue weighted by molar-refractivity contribution is 7.89. The van der Waals surface area contributed by atoms with Crippen molar-refractivity contribution >= 4 is 33.2 Å². The van der Waals surface area contributed by atoms with Crippen LogP contribution in [0.1, 0.15) is 24.3 Å². The van der Waals surface area contributed by atoms with E-state index in [0.29, 0.717) is 30.8 Å². The molecule has 33 heavy (non-hydrogen) atoms. The summed E-state index contributed by atoms with van der Waals surface area (Å²) in [4.78, 5) is 18.9. The van der Waals surface area contributed by atoms with Crippen molar-refractivity contribution in [2.75, 3.05) is 25.0 Å². The number of anilines is 1. The van der Waals surface area contributed by atoms with E-state index < -0.39 is 15.9 Å². The Bertz CT molecular complexity index is 1270. The smallest absolute Gasteiger partial charge is 0.244 e. The second-order valence-corrected chi connectivity index (χ2v) is 10.5. The highest BCUT2D eigenvalue weighted by Gasteiger charge is 2.36. The Morgan fingerprint density at radius 1 is 1.18 bits per heavy atom. The molecule has 3 aromatic rings. The fourth-order valence-corrected chi connectivity index (χ4v) is 5.95. The lowest BCUT2D eigenvalue weighted by molar-refractivity contribution is -0.123. The molecule has 1 atom stereocenters. The lowest BCUT2D eigenvalue weighted by Gasteiger charge is -2.33. The van der Waals surface area contributed by atoms with Gasteiger partial charge in [-0.3, -0.25) is 4.79 Å². The summed E-state index contributed by atoms with van der Waals surface area (Å²) >= 11 is 6.29. The van der Waals surface area contributed by atoms with E-state index in [1.807, 2.05) is 31.2 Å². The number of sulfonamides is 1. The number of aromatic nitrogens is 2. The van der Waals surface area contributed by atoms with Crippen LogP contribution in [0.5, 0.6) is 0 Å². The minimum atomic E-state index is -3.93. The monoisotopic (exact) mass is 488 g/mol. The van der Waals surface area contributed by atoms with Crippen LogP contribution in [0.2, 0.25) is 5.02 Å². The number of nitrogens with zero attached hydrogens (tertiary/aromatic N) is 4. The van der Waals surface area contributed by atoms with Gasteiger partial charge in [-0.2, -0.15) is 9.29 Å². The van der Waals surface area contributed by atoms with Gasteiger partial charge in [0.25, 0.3) is 0 Å². The second-order valence-electron chi connectivity index (χ2n) is 8.22. The van der Waals surface area contributed by atoms with Gasteiger partial charge in [-0.15, -0.1) is 0 Å². The lowest BCUT2D eigenvalue weighted by atomic mass is 9.98. The number of benzene rings is 2. The number of carbonyl (C=O) groups excluding carboxylic acids is 1. The van der Waals surface area contributed by atoms with Crippen LogP contribution in [0.25, 0.3) is 11.4 Å². The maximum Gasteiger partial charge on any atom is 0.244 e. The number of rotatable bonds is 5. The van der Waals surface area contributed by atoms with Crippen molar-refractivity contribution in [2.24, 2.45) is 5.92 Å². The largest absolute Gasteiger partial charge is 0.339 e. The van der Waals surface area contributed by atoms with Gasteiger partial charge in [0.15, 0.2) is 0 Å². The topological polar surface area (TPSA) is 96.6 Å². The second kappa shape index (κ2) is 9.24. The summed E-state index contributed by atoms with van der Waals surface area (Å²) in [5.41, 5.74) is 2.36. The van der Waals surface area contributed by atoms with Crippen molar-refractivity contribution in [1.29, 1.82) is 0 Å². The molecule has 4 rings (SSSR count). The van der Waals surface area contributed by atoms with E-state index in [2.05, 4.69) is 10.1 Å². The zero-order chi connectivity index (χ0) is 23.8. The molecule has 1 amide bonds. The van der Waals surface area contributed by atoms with Crippen LogP contribution in [-0.4, -0.2) is 48.9 Å². The number of piperidine rings is 1. The Kier molecular flexibility index (Phi) is 6.56. The van der Waals surface area contributed by atoms with Gasteiger partial charge in [-0.25, -0.2) is 8.42 Å². The molecule has 174 valence electrons. The molecule has 1 saturated heterocycles. The minimum Gasteiger partial charge on any atom is -0.339 e. The number of carbonyl (C=O) groups is 1. The molecule has 0 saturated carbocycles. The fourth-order valence-electron chi connectivity index (χ4n) is 3.93. The third-order valence-corrected chi connectivity index (χ3v) is 8.17. The molecule has 0 N–H and O–H groups in total. The van der Waals surface area contributed by atoms with Crippen LogP contribution in [0.4, 0.5) is 5.69 Å². The van der Waals surface area contributed by atoms with E-state index >= 15 is 0 Å². The molecule has 0 radical (unpaired) electrons. The summed E-state index contributed by atoms with van der Waals surface area (Å²) in [5.74, 6) is 0.106. The minimum absolute atomic E-state index is 0.0379. The van der Waals surface area contributed by atoms with Gasteiger partial charge in [0.05, 0.1) is 10.9 Å². The van der Waals surface area contributed by atoms with Crippen LogP contribution in [0.3, 0.4) is 0 Å². The van der Waals surface area contributed by atoms with E-state index in [4.69, 9.17) is 16.1 Å². The third kappa shape index (κ3) is 4.80. The van der Waals surface area contributed by atoms with E-state index in [1.54, 1.807) is 24.9 Å². The van der Waals surface area contributed by atoms with Crippen molar-refractivity contribution < 1.29 is 17.7 Å². The zero-order valence-corrected chi connectivity index (χ0v) is 20.2. The molecule has 0 unspecified atom stereocenters. The average Bonchev–Trinajstić information content (AvgIpc) is 3.25. The van der Waals surface area contributed by atoms with E-state index in [0.717, 1.165) is 11.3 Å². The maximum atomic E-state index is 13.5. The summed E-state index contributed by atoms with van der Waals surface area (Å²) in [5, 5.41) is 3.95. The van der Waals surface area contributed by atoms with Crippen molar-refractivity contribution in [1.82, 2.24) is 14.4 Å². The van der Waals surface area contributed by atoms with Crippen molar-refractivity contribution in [3.05, 3.63) is 58.9 Å². The van der Waals surface area contributed by atoms with Gasteiger partial charge in [0, 0.05) is 38.3 Å². The lowest BCUT2D eigenvalue weighted by Crippen LogP contribution is -2.46. The standard InChI is InChI=1S/C23H25ClN4O4S/c1-15-6-9-19(10-7-15)27(3)23(29)18-5-4-12-28(14-18)33(30,31)21-13-17(8-11-20(21)24)22-25-16(2)32-26-22/h6-11,13,18H,4-5,12,14H2,1-3H3/t18-/m0/s1. The average molecular weight is 489 g/mol. The molecule has 1 fully saturated rings. The van der Waals surface area contributed by atoms with Crippen molar-refractivity contribution in [2.45, 2.75) is 31.6 Å². The Morgan fingerprint density at radius 3 is 2.58 bits per heavy atom. The molecule has 0 spiro atoms. The number of hydrogen-bond donors (Lipinski definition) is 0. The summed E-state index contributed by atoms with van der Waals surface area (Å²) in [7, 11) is -2.22. The Balaban J connectivity index is 1.57. The SMILES string of the molecule is Cc1ccc(N(C)C(=O)[C@H]2CCCN(S(=O)(=O)c3cc(-c4noc(C)n4)ccc3Cl)C2)cc1. The molecule has 1 aliphatic heterocycles. The van der Waals surface area contributed by atoms with Gasteiger partial charge in [0.1, 0.15) is 4.90 Å². The quantitative estimate of drug-likeness (QED) is 0.537. The predicted octanol–water partition coefficient (Wildman–Crippen LogP) is 4.07. The van der Waals surface area contributed by atoms with Gasteiger partial charge >= 0.3 is 0 Å². The molecule has 2 heterocycles. The molecule has 1 aromatic heterocycles. The summed E-state index contributed by atoms with van der Waals surface area (Å²) in [6.07, 6.45) is 1.20. The highest BCUT2D eigenvalue weighted by atomic mass is 35.5. The van der Waals surface area contributed by atoms with E-state index in [-0.39, 0.29) is 28.2 Å². The van der Waals surface area contributed by atoms with Gasteiger partial charge in [-0.05, 0) is 50.1 Å². The molecule has 0 bridgehead atoms. The fraction of sp³-hybridized carbons (Fsp3) is 0.348. The summed E-state index contributed by atoms with van der Waals surface area (Å²) < 4.78 is 33.3. The van der Waals surface area contributed by atoms with Crippen LogP contribution in [0, 0.1) is 19.8 Å². The molecule has 1 aliphatic rings. The Morgan fingerprint density at radius 2 is 1.91 bits per heavy atom. The van der Waals surface area contributed by atoms with Gasteiger partial charge in [-0.1, -0.05) is 34.5 Å². The van der Waals surface area contributed by atoms with E-state index in [1.165, 1.54) is 16.4 Å². The predicted molar refractivity (Wildman–Crippen MR) is 126 cm³/mol. The van der Waals surface area contributed by atoms with Crippen LogP contribution in [-0.2, 0) is 14.8 Å². The number of aryl methyl sites for hydroxylation is 2. The summed E-state index contributed by atoms with van der Waals surface area (Å²) in [6, 6.07) is 12.3. The first-order valence-electron chi connectivity index (χ1n) is 10.6. The maximum absolute atomic E-state index is 13.5. The van der Waals surface area contributed by atoms with Gasteiger partial charge < -0.3 is 9.42 Å². The first kappa shape index (κ1) is 23.4. The normalized spacial score (nSPS) is 17.2. The van der Waals surface area contributed by atoms with Crippen molar-refractivity contribution in [3.63, 3.8) is 0 Å². The number of amides is 1. The van der Waals surface area contributed by atoms with Crippen LogP contribution >= 0.6 is 11.6 Å². The molecule has 2 aromatic carbocycles. The molecule has 8 nitrogen and oxygen atoms in total. The number of hydrogen-bond acceptors (Lipinski definition) is 6.